The van der Waals surface area contributed by atoms with Gasteiger partial charge in [-0.1, -0.05) is 19.0 Å². The molecule has 0 aromatic carbocycles. The predicted molar refractivity (Wildman–Crippen MR) is 65.6 cm³/mol. The first-order valence-electron chi connectivity index (χ1n) is 5.54. The van der Waals surface area contributed by atoms with Crippen LogP contribution in [0.1, 0.15) is 41.0 Å². The normalized spacial score (nSPS) is 16.2. The van der Waals surface area contributed by atoms with Gasteiger partial charge < -0.3 is 21.4 Å². The van der Waals surface area contributed by atoms with Crippen LogP contribution in [-0.4, -0.2) is 34.3 Å². The SMILES string of the molecule is CC(O)C(C)(C)NCCC(C)(C)C(N)=NO. The fourth-order valence-electron chi connectivity index (χ4n) is 1.11. The van der Waals surface area contributed by atoms with Crippen LogP contribution < -0.4 is 11.1 Å². The second-order valence-electron chi connectivity index (χ2n) is 5.44. The lowest BCUT2D eigenvalue weighted by Crippen LogP contribution is -2.49. The van der Waals surface area contributed by atoms with E-state index in [2.05, 4.69) is 10.5 Å². The smallest absolute Gasteiger partial charge is 0.144 e. The highest BCUT2D eigenvalue weighted by atomic mass is 16.4. The molecule has 0 amide bonds. The molecule has 0 aromatic heterocycles. The van der Waals surface area contributed by atoms with Crippen LogP contribution in [0.15, 0.2) is 5.16 Å². The minimum absolute atomic E-state index is 0.226. The average Bonchev–Trinajstić information content (AvgIpc) is 2.15. The molecule has 0 aliphatic rings. The van der Waals surface area contributed by atoms with Gasteiger partial charge >= 0.3 is 0 Å². The van der Waals surface area contributed by atoms with Crippen LogP contribution >= 0.6 is 0 Å². The fraction of sp³-hybridized carbons (Fsp3) is 0.909. The van der Waals surface area contributed by atoms with Gasteiger partial charge in [-0.15, -0.1) is 0 Å². The minimum atomic E-state index is -0.431. The van der Waals surface area contributed by atoms with Gasteiger partial charge in [-0.2, -0.15) is 0 Å². The highest BCUT2D eigenvalue weighted by Gasteiger charge is 2.27. The predicted octanol–water partition coefficient (Wildman–Crippen LogP) is 0.898. The standard InChI is InChI=1S/C11H25N3O2/c1-8(15)11(4,5)13-7-6-10(2,3)9(12)14-16/h8,13,15-16H,6-7H2,1-5H3,(H2,12,14). The zero-order chi connectivity index (χ0) is 13.0. The van der Waals surface area contributed by atoms with E-state index in [9.17, 15) is 5.11 Å². The van der Waals surface area contributed by atoms with Crippen molar-refractivity contribution in [3.8, 4) is 0 Å². The van der Waals surface area contributed by atoms with Crippen molar-refractivity contribution in [2.24, 2.45) is 16.3 Å². The number of oxime groups is 1. The van der Waals surface area contributed by atoms with E-state index in [1.54, 1.807) is 6.92 Å². The van der Waals surface area contributed by atoms with E-state index in [1.165, 1.54) is 0 Å². The van der Waals surface area contributed by atoms with Crippen LogP contribution in [-0.2, 0) is 0 Å². The van der Waals surface area contributed by atoms with Crippen molar-refractivity contribution in [1.29, 1.82) is 0 Å². The van der Waals surface area contributed by atoms with E-state index < -0.39 is 6.10 Å². The molecule has 0 spiro atoms. The van der Waals surface area contributed by atoms with Crippen LogP contribution in [0.25, 0.3) is 0 Å². The third kappa shape index (κ3) is 4.37. The van der Waals surface area contributed by atoms with Crippen LogP contribution in [0.5, 0.6) is 0 Å². The summed E-state index contributed by atoms with van der Waals surface area (Å²) in [6.07, 6.45) is 0.304. The lowest BCUT2D eigenvalue weighted by Gasteiger charge is -2.31. The molecule has 0 rings (SSSR count). The summed E-state index contributed by atoms with van der Waals surface area (Å²) in [7, 11) is 0. The van der Waals surface area contributed by atoms with E-state index in [1.807, 2.05) is 27.7 Å². The van der Waals surface area contributed by atoms with E-state index in [0.29, 0.717) is 6.54 Å². The summed E-state index contributed by atoms with van der Waals surface area (Å²) in [6.45, 7) is 10.2. The van der Waals surface area contributed by atoms with Crippen LogP contribution in [0.4, 0.5) is 0 Å². The highest BCUT2D eigenvalue weighted by Crippen LogP contribution is 2.20. The Hall–Kier alpha value is -0.810. The highest BCUT2D eigenvalue weighted by molar-refractivity contribution is 5.85. The van der Waals surface area contributed by atoms with Crippen LogP contribution in [0.2, 0.25) is 0 Å². The molecule has 0 aromatic rings. The number of hydrogen-bond donors (Lipinski definition) is 4. The summed E-state index contributed by atoms with van der Waals surface area (Å²) in [6, 6.07) is 0. The summed E-state index contributed by atoms with van der Waals surface area (Å²) in [4.78, 5) is 0. The van der Waals surface area contributed by atoms with Crippen molar-refractivity contribution < 1.29 is 10.3 Å². The number of aliphatic hydroxyl groups is 1. The summed E-state index contributed by atoms with van der Waals surface area (Å²) >= 11 is 0. The Morgan fingerprint density at radius 2 is 1.88 bits per heavy atom. The summed E-state index contributed by atoms with van der Waals surface area (Å²) in [5.74, 6) is 0.226. The van der Waals surface area contributed by atoms with Crippen molar-refractivity contribution in [2.45, 2.75) is 52.7 Å². The van der Waals surface area contributed by atoms with Crippen molar-refractivity contribution >= 4 is 5.84 Å². The van der Waals surface area contributed by atoms with Crippen LogP contribution in [0, 0.1) is 5.41 Å². The van der Waals surface area contributed by atoms with Gasteiger partial charge in [-0.05, 0) is 33.7 Å². The number of amidine groups is 1. The first-order valence-corrected chi connectivity index (χ1v) is 5.54. The van der Waals surface area contributed by atoms with Crippen molar-refractivity contribution in [3.63, 3.8) is 0 Å². The van der Waals surface area contributed by atoms with Gasteiger partial charge in [-0.3, -0.25) is 0 Å². The van der Waals surface area contributed by atoms with Gasteiger partial charge in [0.1, 0.15) is 5.84 Å². The zero-order valence-electron chi connectivity index (χ0n) is 10.9. The fourth-order valence-corrected chi connectivity index (χ4v) is 1.11. The molecule has 1 atom stereocenters. The Labute approximate surface area is 97.7 Å². The first kappa shape index (κ1) is 15.2. The minimum Gasteiger partial charge on any atom is -0.409 e. The molecule has 0 fully saturated rings. The van der Waals surface area contributed by atoms with Gasteiger partial charge in [0.2, 0.25) is 0 Å². The van der Waals surface area contributed by atoms with Crippen molar-refractivity contribution in [1.82, 2.24) is 5.32 Å². The Balaban J connectivity index is 4.18. The first-order chi connectivity index (χ1) is 7.13. The maximum atomic E-state index is 9.51. The topological polar surface area (TPSA) is 90.9 Å². The monoisotopic (exact) mass is 231 g/mol. The Kier molecular flexibility index (Phi) is 5.22. The third-order valence-corrected chi connectivity index (χ3v) is 3.18. The molecule has 0 saturated heterocycles. The quantitative estimate of drug-likeness (QED) is 0.236. The molecule has 0 aliphatic carbocycles. The van der Waals surface area contributed by atoms with Gasteiger partial charge in [0, 0.05) is 11.0 Å². The maximum Gasteiger partial charge on any atom is 0.144 e. The molecule has 16 heavy (non-hydrogen) atoms. The van der Waals surface area contributed by atoms with Gasteiger partial charge in [0.25, 0.3) is 0 Å². The molecule has 0 bridgehead atoms. The molecule has 5 nitrogen and oxygen atoms in total. The molecule has 1 unspecified atom stereocenters. The number of nitrogens with one attached hydrogen (secondary N) is 1. The lowest BCUT2D eigenvalue weighted by molar-refractivity contribution is 0.0953. The second-order valence-corrected chi connectivity index (χ2v) is 5.44. The summed E-state index contributed by atoms with van der Waals surface area (Å²) in [5.41, 5.74) is 4.90. The molecule has 0 aliphatic heterocycles. The Bertz CT molecular complexity index is 248. The number of aliphatic hydroxyl groups excluding tert-OH is 1. The van der Waals surface area contributed by atoms with E-state index >= 15 is 0 Å². The molecule has 0 heterocycles. The lowest BCUT2D eigenvalue weighted by atomic mass is 9.87. The molecule has 0 radical (unpaired) electrons. The molecule has 5 heteroatoms. The third-order valence-electron chi connectivity index (χ3n) is 3.18. The van der Waals surface area contributed by atoms with Crippen molar-refractivity contribution in [2.75, 3.05) is 6.54 Å². The number of nitrogens with two attached hydrogens (primary N) is 1. The second kappa shape index (κ2) is 5.50. The number of rotatable bonds is 6. The molecular formula is C11H25N3O2. The van der Waals surface area contributed by atoms with Gasteiger partial charge in [0.15, 0.2) is 0 Å². The molecule has 5 N–H and O–H groups in total. The van der Waals surface area contributed by atoms with Gasteiger partial charge in [-0.25, -0.2) is 0 Å². The largest absolute Gasteiger partial charge is 0.409 e. The summed E-state index contributed by atoms with van der Waals surface area (Å²) < 4.78 is 0. The van der Waals surface area contributed by atoms with Crippen molar-refractivity contribution in [3.05, 3.63) is 0 Å². The van der Waals surface area contributed by atoms with Crippen LogP contribution in [0.3, 0.4) is 0 Å². The Morgan fingerprint density at radius 1 is 1.38 bits per heavy atom. The maximum absolute atomic E-state index is 9.51. The van der Waals surface area contributed by atoms with E-state index in [4.69, 9.17) is 10.9 Å². The average molecular weight is 231 g/mol. The Morgan fingerprint density at radius 3 is 2.25 bits per heavy atom. The van der Waals surface area contributed by atoms with E-state index in [0.717, 1.165) is 6.42 Å². The molecule has 0 saturated carbocycles. The summed E-state index contributed by atoms with van der Waals surface area (Å²) in [5, 5.41) is 24.4. The number of nitrogens with zero attached hydrogens (tertiary/aromatic N) is 1. The molecule has 96 valence electrons. The number of hydrogen-bond acceptors (Lipinski definition) is 4. The van der Waals surface area contributed by atoms with E-state index in [-0.39, 0.29) is 16.8 Å². The molecular weight excluding hydrogens is 206 g/mol. The zero-order valence-corrected chi connectivity index (χ0v) is 10.9. The van der Waals surface area contributed by atoms with Gasteiger partial charge in [0.05, 0.1) is 6.10 Å².